The van der Waals surface area contributed by atoms with Crippen LogP contribution in [0.2, 0.25) is 0 Å². The van der Waals surface area contributed by atoms with Gasteiger partial charge in [-0.05, 0) is 174 Å². The molecule has 3 aromatic rings. The quantitative estimate of drug-likeness (QED) is 0.00366. The maximum absolute atomic E-state index is 14.1. The van der Waals surface area contributed by atoms with Crippen molar-refractivity contribution in [2.75, 3.05) is 30.3 Å². The van der Waals surface area contributed by atoms with Crippen LogP contribution in [0.25, 0.3) is 0 Å². The molecule has 44 heteroatoms. The number of rotatable bonds is 47. The summed E-state index contributed by atoms with van der Waals surface area (Å²) >= 11 is -2.02. The van der Waals surface area contributed by atoms with Gasteiger partial charge >= 0.3 is 101 Å². The molecule has 0 bridgehead atoms. The molecular formula is C77H101N10Na3O27S4. The summed E-state index contributed by atoms with van der Waals surface area (Å²) in [5.74, 6) is -12.1. The molecule has 2 aliphatic heterocycles. The molecule has 6 rings (SSSR count). The minimum absolute atomic E-state index is 0. The van der Waals surface area contributed by atoms with Crippen LogP contribution in [0.3, 0.4) is 0 Å². The van der Waals surface area contributed by atoms with E-state index in [2.05, 4.69) is 51.2 Å². The molecular weight excluding hydrogens is 1690 g/mol. The number of nitrogens with two attached hydrogens (primary N) is 1. The molecule has 1 aliphatic carbocycles. The first-order valence-electron chi connectivity index (χ1n) is 37.8. The second kappa shape index (κ2) is 49.8. The van der Waals surface area contributed by atoms with E-state index in [-0.39, 0.29) is 132 Å². The molecule has 3 aliphatic rings. The van der Waals surface area contributed by atoms with Gasteiger partial charge < -0.3 is 91.0 Å². The monoisotopic (exact) mass is 1790 g/mol. The topological polar surface area (TPSA) is 579 Å². The molecule has 3 aromatic carbocycles. The number of benzene rings is 3. The maximum atomic E-state index is 14.1. The average Bonchev–Trinajstić information content (AvgIpc) is 1.60. The Bertz CT molecular complexity index is 4680. The molecule has 2 heterocycles. The summed E-state index contributed by atoms with van der Waals surface area (Å²) in [5.41, 5.74) is 9.06. The van der Waals surface area contributed by atoms with E-state index in [1.54, 1.807) is 26.0 Å². The smallest absolute Gasteiger partial charge is 0.744 e. The first kappa shape index (κ1) is 108. The molecule has 0 spiro atoms. The number of hydrogen-bond acceptors (Lipinski definition) is 27. The molecule has 121 heavy (non-hydrogen) atoms. The molecule has 37 nitrogen and oxygen atoms in total. The van der Waals surface area contributed by atoms with Gasteiger partial charge in [-0.2, -0.15) is 8.91 Å². The van der Waals surface area contributed by atoms with Crippen molar-refractivity contribution >= 4 is 126 Å². The third kappa shape index (κ3) is 32.3. The van der Waals surface area contributed by atoms with Crippen LogP contribution < -0.4 is 151 Å². The molecule has 0 saturated carbocycles. The summed E-state index contributed by atoms with van der Waals surface area (Å²) in [6.45, 7) is 16.0. The fourth-order valence-electron chi connectivity index (χ4n) is 13.6. The standard InChI is InChI=1S/C77H104N10O27S4.3Na/c1-43(2)37-56(72(98)83-58(41-67(94)95)71(97)79-45(5)46(6)89)82-73(99)57(40-64(78)90)84-75(101)68(44(3)4)85-70(96)55(28-33-66(92)93)81-74(100)59(42-88)80-65(91)19-12-11-13-34-86-61-30-27-52(118(108,109)110)39-54(61)77(9,10)63(86)32-21-48-18-16-17-47(69(48)111-49-22-25-51(26-23-49)117(105,106)107)20-31-62-76(7,8)53-38-50(112-116(103)104)24-29-60(53)87(62)35-14-15-36-115-114-113-102;;;/h20-27,29-32,38-39,43-45,55-59,68,88H,11-19,28,33-37,40-42H2,1-10H3,(H14-,78,79,80,81,82,83,84,85,90,91,92,93,94,95,96,97,98,99,100,101,102,103,104,105,106,107,108,109,110);;;/q;3*+1/p-3. The van der Waals surface area contributed by atoms with Crippen LogP contribution in [0.4, 0.5) is 11.4 Å². The fourth-order valence-corrected chi connectivity index (χ4v) is 15.2. The zero-order valence-corrected chi connectivity index (χ0v) is 79.0. The number of ether oxygens (including phenoxy) is 1. The van der Waals surface area contributed by atoms with Crippen molar-refractivity contribution in [2.24, 2.45) is 17.6 Å². The molecule has 0 fully saturated rings. The minimum Gasteiger partial charge on any atom is -0.744 e. The number of anilines is 1. The third-order valence-corrected chi connectivity index (χ3v) is 22.4. The van der Waals surface area contributed by atoms with Gasteiger partial charge in [-0.25, -0.2) is 21.0 Å². The van der Waals surface area contributed by atoms with Gasteiger partial charge in [0.1, 0.15) is 91.7 Å². The number of carbonyl (C=O) groups is 11. The van der Waals surface area contributed by atoms with E-state index in [4.69, 9.17) is 14.7 Å². The van der Waals surface area contributed by atoms with Crippen LogP contribution in [0.1, 0.15) is 170 Å². The molecule has 12 N–H and O–H groups in total. The number of nitrogens with one attached hydrogen (secondary N) is 7. The predicted octanol–water partition coefficient (Wildman–Crippen LogP) is -6.14. The summed E-state index contributed by atoms with van der Waals surface area (Å²) in [6.07, 6.45) is 7.54. The van der Waals surface area contributed by atoms with Crippen LogP contribution in [0, 0.1) is 11.8 Å². The van der Waals surface area contributed by atoms with Crippen molar-refractivity contribution in [1.82, 2.24) is 37.2 Å². The summed E-state index contributed by atoms with van der Waals surface area (Å²) in [7, 11) is -9.81. The Morgan fingerprint density at radius 3 is 1.83 bits per heavy atom. The number of carboxylic acid groups (broad SMARTS) is 2. The van der Waals surface area contributed by atoms with Gasteiger partial charge in [0, 0.05) is 78.1 Å². The number of fused-ring (bicyclic) bond motifs is 2. The Labute approximate surface area is 775 Å². The van der Waals surface area contributed by atoms with E-state index in [1.165, 1.54) is 64.1 Å². The number of Topliss-reactive ketones (excluding diaryl/α,β-unsaturated/α-hetero) is 1. The van der Waals surface area contributed by atoms with Gasteiger partial charge in [0.25, 0.3) is 0 Å². The van der Waals surface area contributed by atoms with E-state index in [1.807, 2.05) is 56.9 Å². The average molecular weight is 1800 g/mol. The van der Waals surface area contributed by atoms with Crippen LogP contribution in [-0.2, 0) is 105 Å². The number of aliphatic hydroxyl groups excluding tert-OH is 1. The first-order valence-corrected chi connectivity index (χ1v) is 42.6. The number of allylic oxidation sites excluding steroid dienone is 7. The van der Waals surface area contributed by atoms with Crippen LogP contribution in [-0.4, -0.2) is 193 Å². The van der Waals surface area contributed by atoms with Crippen LogP contribution in [0.5, 0.6) is 11.5 Å². The van der Waals surface area contributed by atoms with Crippen molar-refractivity contribution in [3.05, 3.63) is 119 Å². The normalized spacial score (nSPS) is 16.8. The van der Waals surface area contributed by atoms with Gasteiger partial charge in [-0.3, -0.25) is 57.8 Å². The van der Waals surface area contributed by atoms with Crippen molar-refractivity contribution in [3.8, 4) is 11.5 Å². The number of primary amides is 1. The Hall–Kier alpha value is -6.82. The van der Waals surface area contributed by atoms with Gasteiger partial charge in [-0.15, -0.1) is 0 Å². The molecule has 0 saturated heterocycles. The van der Waals surface area contributed by atoms with Gasteiger partial charge in [-0.1, -0.05) is 54.0 Å². The van der Waals surface area contributed by atoms with E-state index < -0.39 is 198 Å². The number of ketones is 1. The Morgan fingerprint density at radius 2 is 1.24 bits per heavy atom. The largest absolute Gasteiger partial charge is 1.00 e. The predicted molar refractivity (Wildman–Crippen MR) is 421 cm³/mol. The summed E-state index contributed by atoms with van der Waals surface area (Å²) in [5, 5.41) is 60.0. The Morgan fingerprint density at radius 1 is 0.653 bits per heavy atom. The van der Waals surface area contributed by atoms with E-state index in [0.717, 1.165) is 41.1 Å². The summed E-state index contributed by atoms with van der Waals surface area (Å²) in [4.78, 5) is 145. The van der Waals surface area contributed by atoms with Crippen molar-refractivity contribution in [3.63, 3.8) is 0 Å². The van der Waals surface area contributed by atoms with E-state index in [0.29, 0.717) is 91.1 Å². The van der Waals surface area contributed by atoms with Crippen molar-refractivity contribution in [2.45, 2.75) is 222 Å². The van der Waals surface area contributed by atoms with Gasteiger partial charge in [0.2, 0.25) is 52.9 Å². The Kier molecular flexibility index (Phi) is 44.6. The van der Waals surface area contributed by atoms with Crippen molar-refractivity contribution in [1.29, 1.82) is 0 Å². The molecule has 8 amide bonds. The number of hydrogen-bond donors (Lipinski definition) is 11. The number of unbranched alkanes of at least 4 members (excludes halogenated alkanes) is 3. The maximum Gasteiger partial charge on any atom is 1.00 e. The fraction of sp³-hybridized carbons (Fsp3) is 0.506. The molecule has 0 aromatic heterocycles. The zero-order valence-electron chi connectivity index (χ0n) is 69.8. The molecule has 648 valence electrons. The number of aliphatic carboxylic acids is 2. The Balaban J connectivity index is 0.0000126. The number of carbonyl (C=O) groups excluding carboxylic acids is 9. The number of aliphatic hydroxyl groups is 1. The van der Waals surface area contributed by atoms with Crippen LogP contribution >= 0.6 is 12.0 Å². The number of carboxylic acids is 2. The van der Waals surface area contributed by atoms with Crippen molar-refractivity contribution < 1.29 is 220 Å². The first-order chi connectivity index (χ1) is 55.3. The summed E-state index contributed by atoms with van der Waals surface area (Å²) in [6, 6.07) is 2.60. The van der Waals surface area contributed by atoms with Gasteiger partial charge in [0.05, 0.1) is 40.7 Å². The second-order valence-corrected chi connectivity index (χ2v) is 34.4. The zero-order chi connectivity index (χ0) is 87.9. The van der Waals surface area contributed by atoms with Crippen LogP contribution in [0.15, 0.2) is 117 Å². The third-order valence-electron chi connectivity index (χ3n) is 19.8. The number of nitrogens with zero attached hydrogens (tertiary/aromatic N) is 2. The van der Waals surface area contributed by atoms with Gasteiger partial charge in [0.15, 0.2) is 11.5 Å². The number of amides is 8. The second-order valence-electron chi connectivity index (χ2n) is 30.3. The molecule has 0 radical (unpaired) electrons. The van der Waals surface area contributed by atoms with E-state index >= 15 is 0 Å². The van der Waals surface area contributed by atoms with E-state index in [9.17, 15) is 108 Å². The molecule has 8 unspecified atom stereocenters. The SMILES string of the molecule is CC(=O)C(C)NC(=O)C(CC(=O)O)NC(=O)C(CC(C)C)NC(=O)C(CC(N)=O)NC(=O)C(NC(=O)C(CCC(=O)O)NC(=O)C(CO)NC(=O)CCCCCN1/C(=C/C=C2\CCCC(/C=C/C3=[N+](CCCCSOO[O-])c4ccc(OS(=O)[O-])cc4C3(C)C)=C2Oc2ccc(S(=O)(=O)[O-])cc2)C(C)(C)c2cc(S(=O)(=O)[O-])ccc21)C(C)C.[Na+].[Na+].[Na+]. The molecule has 8 atom stereocenters. The minimum atomic E-state index is -4.96. The summed E-state index contributed by atoms with van der Waals surface area (Å²) < 4.78 is 115.